The summed E-state index contributed by atoms with van der Waals surface area (Å²) in [5, 5.41) is 12.8. The van der Waals surface area contributed by atoms with Crippen molar-refractivity contribution >= 4 is 18.3 Å². The topological polar surface area (TPSA) is 69.8 Å². The second-order valence-electron chi connectivity index (χ2n) is 4.84. The Morgan fingerprint density at radius 1 is 1.36 bits per heavy atom. The van der Waals surface area contributed by atoms with Gasteiger partial charge in [-0.3, -0.25) is 9.89 Å². The average Bonchev–Trinajstić information content (AvgIpc) is 2.96. The molecule has 1 aromatic carbocycles. The molecule has 0 aliphatic heterocycles. The standard InChI is InChI=1S/C15H19FN4O.ClH/c1-3-17-10(2)9-18-15(21)14-8-13(19-20-14)11-4-6-12(16)7-5-11;/h4-8,10,17H,3,9H2,1-2H3,(H,18,21)(H,19,20);1H/t10-;/m1./s1. The quantitative estimate of drug-likeness (QED) is 0.763. The molecule has 3 N–H and O–H groups in total. The van der Waals surface area contributed by atoms with Crippen LogP contribution in [0.5, 0.6) is 0 Å². The van der Waals surface area contributed by atoms with E-state index >= 15 is 0 Å². The molecule has 5 nitrogen and oxygen atoms in total. The summed E-state index contributed by atoms with van der Waals surface area (Å²) in [6.07, 6.45) is 0. The van der Waals surface area contributed by atoms with E-state index in [1.807, 2.05) is 13.8 Å². The summed E-state index contributed by atoms with van der Waals surface area (Å²) in [4.78, 5) is 12.0. The first-order valence-corrected chi connectivity index (χ1v) is 6.93. The van der Waals surface area contributed by atoms with Crippen LogP contribution in [-0.4, -0.2) is 35.2 Å². The third-order valence-corrected chi connectivity index (χ3v) is 3.08. The number of hydrogen-bond acceptors (Lipinski definition) is 3. The summed E-state index contributed by atoms with van der Waals surface area (Å²) in [5.41, 5.74) is 1.76. The van der Waals surface area contributed by atoms with Crippen LogP contribution in [0, 0.1) is 5.82 Å². The third-order valence-electron chi connectivity index (χ3n) is 3.08. The molecule has 0 bridgehead atoms. The number of aromatic amines is 1. The first-order chi connectivity index (χ1) is 10.1. The molecule has 7 heteroatoms. The molecule has 1 amide bonds. The number of likely N-dealkylation sites (N-methyl/N-ethyl adjacent to an activating group) is 1. The number of carbonyl (C=O) groups is 1. The molecule has 120 valence electrons. The lowest BCUT2D eigenvalue weighted by Gasteiger charge is -2.12. The zero-order chi connectivity index (χ0) is 15.2. The number of carbonyl (C=O) groups excluding carboxylic acids is 1. The smallest absolute Gasteiger partial charge is 0.269 e. The molecule has 0 aliphatic rings. The van der Waals surface area contributed by atoms with E-state index in [2.05, 4.69) is 20.8 Å². The van der Waals surface area contributed by atoms with Crippen LogP contribution >= 0.6 is 12.4 Å². The van der Waals surface area contributed by atoms with Crippen molar-refractivity contribution in [2.24, 2.45) is 0 Å². The minimum absolute atomic E-state index is 0. The Balaban J connectivity index is 0.00000242. The van der Waals surface area contributed by atoms with Crippen molar-refractivity contribution in [1.29, 1.82) is 0 Å². The summed E-state index contributed by atoms with van der Waals surface area (Å²) in [6.45, 7) is 5.41. The van der Waals surface area contributed by atoms with Crippen molar-refractivity contribution in [2.75, 3.05) is 13.1 Å². The highest BCUT2D eigenvalue weighted by atomic mass is 35.5. The van der Waals surface area contributed by atoms with E-state index in [0.717, 1.165) is 12.1 Å². The van der Waals surface area contributed by atoms with Crippen LogP contribution in [0.25, 0.3) is 11.3 Å². The Hall–Kier alpha value is -1.92. The van der Waals surface area contributed by atoms with Gasteiger partial charge in [-0.2, -0.15) is 5.10 Å². The van der Waals surface area contributed by atoms with Crippen molar-refractivity contribution in [3.05, 3.63) is 41.8 Å². The second-order valence-corrected chi connectivity index (χ2v) is 4.84. The maximum atomic E-state index is 12.9. The largest absolute Gasteiger partial charge is 0.349 e. The fourth-order valence-corrected chi connectivity index (χ4v) is 1.97. The molecule has 2 aromatic rings. The van der Waals surface area contributed by atoms with E-state index < -0.39 is 0 Å². The molecule has 0 saturated carbocycles. The molecular formula is C15H20ClFN4O. The summed E-state index contributed by atoms with van der Waals surface area (Å²) >= 11 is 0. The number of H-pyrrole nitrogens is 1. The maximum Gasteiger partial charge on any atom is 0.269 e. The van der Waals surface area contributed by atoms with Gasteiger partial charge in [0.2, 0.25) is 0 Å². The first kappa shape index (κ1) is 18.1. The Kier molecular flexibility index (Phi) is 7.01. The Labute approximate surface area is 135 Å². The number of halogens is 2. The number of amides is 1. The third kappa shape index (κ3) is 4.82. The first-order valence-electron chi connectivity index (χ1n) is 6.93. The predicted octanol–water partition coefficient (Wildman–Crippen LogP) is 2.37. The van der Waals surface area contributed by atoms with Gasteiger partial charge in [0.1, 0.15) is 11.5 Å². The van der Waals surface area contributed by atoms with E-state index in [-0.39, 0.29) is 30.2 Å². The van der Waals surface area contributed by atoms with Crippen molar-refractivity contribution in [1.82, 2.24) is 20.8 Å². The highest BCUT2D eigenvalue weighted by molar-refractivity contribution is 5.93. The number of benzene rings is 1. The zero-order valence-corrected chi connectivity index (χ0v) is 13.3. The number of aromatic nitrogens is 2. The molecule has 0 spiro atoms. The van der Waals surface area contributed by atoms with Gasteiger partial charge in [0.25, 0.3) is 5.91 Å². The van der Waals surface area contributed by atoms with Gasteiger partial charge in [0.15, 0.2) is 0 Å². The zero-order valence-electron chi connectivity index (χ0n) is 12.5. The molecule has 22 heavy (non-hydrogen) atoms. The molecule has 0 fully saturated rings. The van der Waals surface area contributed by atoms with E-state index in [4.69, 9.17) is 0 Å². The Bertz CT molecular complexity index is 600. The van der Waals surface area contributed by atoms with Crippen LogP contribution in [0.3, 0.4) is 0 Å². The molecule has 1 heterocycles. The van der Waals surface area contributed by atoms with Crippen LogP contribution in [0.4, 0.5) is 4.39 Å². The molecule has 0 aliphatic carbocycles. The monoisotopic (exact) mass is 326 g/mol. The van der Waals surface area contributed by atoms with Gasteiger partial charge >= 0.3 is 0 Å². The van der Waals surface area contributed by atoms with Gasteiger partial charge in [0.05, 0.1) is 5.69 Å². The van der Waals surface area contributed by atoms with E-state index in [0.29, 0.717) is 17.9 Å². The van der Waals surface area contributed by atoms with Gasteiger partial charge in [-0.15, -0.1) is 12.4 Å². The predicted molar refractivity (Wildman–Crippen MR) is 86.7 cm³/mol. The summed E-state index contributed by atoms with van der Waals surface area (Å²) in [7, 11) is 0. The minimum Gasteiger partial charge on any atom is -0.349 e. The van der Waals surface area contributed by atoms with Gasteiger partial charge < -0.3 is 10.6 Å². The number of hydrogen-bond donors (Lipinski definition) is 3. The normalized spacial score (nSPS) is 11.6. The number of nitrogens with zero attached hydrogens (tertiary/aromatic N) is 1. The van der Waals surface area contributed by atoms with Crippen LogP contribution in [0.15, 0.2) is 30.3 Å². The van der Waals surface area contributed by atoms with E-state index in [1.54, 1.807) is 18.2 Å². The molecule has 0 radical (unpaired) electrons. The molecule has 1 atom stereocenters. The Morgan fingerprint density at radius 2 is 2.05 bits per heavy atom. The van der Waals surface area contributed by atoms with Gasteiger partial charge in [-0.25, -0.2) is 4.39 Å². The number of rotatable bonds is 6. The van der Waals surface area contributed by atoms with Crippen LogP contribution < -0.4 is 10.6 Å². The van der Waals surface area contributed by atoms with E-state index in [9.17, 15) is 9.18 Å². The maximum absolute atomic E-state index is 12.9. The molecule has 1 aromatic heterocycles. The highest BCUT2D eigenvalue weighted by Crippen LogP contribution is 2.17. The van der Waals surface area contributed by atoms with Crippen molar-refractivity contribution in [2.45, 2.75) is 19.9 Å². The summed E-state index contributed by atoms with van der Waals surface area (Å²) < 4.78 is 12.9. The lowest BCUT2D eigenvalue weighted by Crippen LogP contribution is -2.38. The molecular weight excluding hydrogens is 307 g/mol. The fraction of sp³-hybridized carbons (Fsp3) is 0.333. The van der Waals surface area contributed by atoms with Crippen LogP contribution in [-0.2, 0) is 0 Å². The lowest BCUT2D eigenvalue weighted by atomic mass is 10.1. The van der Waals surface area contributed by atoms with Crippen LogP contribution in [0.2, 0.25) is 0 Å². The lowest BCUT2D eigenvalue weighted by molar-refractivity contribution is 0.0945. The summed E-state index contributed by atoms with van der Waals surface area (Å²) in [5.74, 6) is -0.509. The van der Waals surface area contributed by atoms with Crippen LogP contribution in [0.1, 0.15) is 24.3 Å². The minimum atomic E-state index is -0.301. The SMILES string of the molecule is CCN[C@H](C)CNC(=O)c1cc(-c2ccc(F)cc2)n[nH]1.Cl. The van der Waals surface area contributed by atoms with Gasteiger partial charge in [-0.05, 0) is 43.8 Å². The van der Waals surface area contributed by atoms with Crippen molar-refractivity contribution in [3.8, 4) is 11.3 Å². The summed E-state index contributed by atoms with van der Waals surface area (Å²) in [6, 6.07) is 7.84. The Morgan fingerprint density at radius 3 is 2.68 bits per heavy atom. The van der Waals surface area contributed by atoms with Gasteiger partial charge in [0, 0.05) is 18.2 Å². The fourth-order valence-electron chi connectivity index (χ4n) is 1.97. The molecule has 2 rings (SSSR count). The van der Waals surface area contributed by atoms with E-state index in [1.165, 1.54) is 12.1 Å². The van der Waals surface area contributed by atoms with Gasteiger partial charge in [-0.1, -0.05) is 6.92 Å². The molecule has 0 unspecified atom stereocenters. The highest BCUT2D eigenvalue weighted by Gasteiger charge is 2.11. The average molecular weight is 327 g/mol. The second kappa shape index (κ2) is 8.51. The number of nitrogens with one attached hydrogen (secondary N) is 3. The van der Waals surface area contributed by atoms with Crippen molar-refractivity contribution < 1.29 is 9.18 Å². The van der Waals surface area contributed by atoms with Crippen molar-refractivity contribution in [3.63, 3.8) is 0 Å². The molecule has 0 saturated heterocycles.